The summed E-state index contributed by atoms with van der Waals surface area (Å²) >= 11 is 0. The lowest BCUT2D eigenvalue weighted by Crippen LogP contribution is -2.21. The van der Waals surface area contributed by atoms with Crippen molar-refractivity contribution in [3.05, 3.63) is 34.6 Å². The molecule has 0 fully saturated rings. The Kier molecular flexibility index (Phi) is 5.53. The van der Waals surface area contributed by atoms with Crippen LogP contribution in [0.15, 0.2) is 29.2 Å². The first-order valence-electron chi connectivity index (χ1n) is 6.52. The molecule has 0 spiro atoms. The maximum atomic E-state index is 11.4. The summed E-state index contributed by atoms with van der Waals surface area (Å²) in [6.45, 7) is 1.57. The van der Waals surface area contributed by atoms with Gasteiger partial charge in [-0.2, -0.15) is 4.98 Å². The first-order chi connectivity index (χ1) is 10.2. The van der Waals surface area contributed by atoms with Gasteiger partial charge in [-0.15, -0.1) is 4.73 Å². The van der Waals surface area contributed by atoms with Crippen molar-refractivity contribution in [2.24, 2.45) is 0 Å². The molecule has 1 heterocycles. The van der Waals surface area contributed by atoms with E-state index in [-0.39, 0.29) is 11.4 Å². The third kappa shape index (κ3) is 4.17. The van der Waals surface area contributed by atoms with E-state index < -0.39 is 0 Å². The fourth-order valence-corrected chi connectivity index (χ4v) is 1.69. The van der Waals surface area contributed by atoms with Gasteiger partial charge < -0.3 is 19.0 Å². The van der Waals surface area contributed by atoms with E-state index in [0.29, 0.717) is 32.1 Å². The number of hydrogen-bond acceptors (Lipinski definition) is 6. The van der Waals surface area contributed by atoms with Crippen molar-refractivity contribution in [3.8, 4) is 17.3 Å². The molecule has 0 N–H and O–H groups in total. The molecule has 0 radical (unpaired) electrons. The molecule has 0 atom stereocenters. The first kappa shape index (κ1) is 15.3. The molecule has 2 rings (SSSR count). The Balaban J connectivity index is 2.28. The number of rotatable bonds is 8. The number of fused-ring (bicyclic) bond motifs is 1. The average molecular weight is 294 g/mol. The van der Waals surface area contributed by atoms with Gasteiger partial charge in [-0.25, -0.2) is 0 Å². The molecule has 7 heteroatoms. The molecule has 0 unspecified atom stereocenters. The highest BCUT2D eigenvalue weighted by atomic mass is 16.7. The molecular weight excluding hydrogens is 276 g/mol. The van der Waals surface area contributed by atoms with Crippen molar-refractivity contribution >= 4 is 0 Å². The normalized spacial score (nSPS) is 10.8. The van der Waals surface area contributed by atoms with Crippen molar-refractivity contribution in [3.63, 3.8) is 0 Å². The molecule has 0 aromatic rings. The SMILES string of the molecule is COCCOc1nc2cc(=O)ccc-2cn1OCCOC. The van der Waals surface area contributed by atoms with Crippen molar-refractivity contribution in [1.82, 2.24) is 9.71 Å². The van der Waals surface area contributed by atoms with Crippen LogP contribution in [0.4, 0.5) is 0 Å². The Morgan fingerprint density at radius 2 is 1.86 bits per heavy atom. The van der Waals surface area contributed by atoms with E-state index in [0.717, 1.165) is 5.56 Å². The number of nitrogens with zero attached hydrogens (tertiary/aromatic N) is 2. The topological polar surface area (TPSA) is 71.8 Å². The predicted molar refractivity (Wildman–Crippen MR) is 75.8 cm³/mol. The zero-order valence-corrected chi connectivity index (χ0v) is 12.1. The maximum Gasteiger partial charge on any atom is 0.330 e. The van der Waals surface area contributed by atoms with Crippen molar-refractivity contribution in [2.45, 2.75) is 0 Å². The van der Waals surface area contributed by atoms with Crippen molar-refractivity contribution in [2.75, 3.05) is 40.6 Å². The van der Waals surface area contributed by atoms with Gasteiger partial charge in [0.25, 0.3) is 0 Å². The minimum absolute atomic E-state index is 0.101. The smallest absolute Gasteiger partial charge is 0.330 e. The molecule has 0 saturated heterocycles. The average Bonchev–Trinajstić information content (AvgIpc) is 2.48. The van der Waals surface area contributed by atoms with Crippen LogP contribution in [0, 0.1) is 0 Å². The lowest BCUT2D eigenvalue weighted by Gasteiger charge is -2.16. The highest BCUT2D eigenvalue weighted by Gasteiger charge is 2.12. The molecule has 0 aromatic carbocycles. The Hall–Kier alpha value is -2.12. The lowest BCUT2D eigenvalue weighted by atomic mass is 10.1. The molecule has 0 saturated carbocycles. The van der Waals surface area contributed by atoms with Crippen molar-refractivity contribution in [1.29, 1.82) is 0 Å². The number of methoxy groups -OCH3 is 2. The summed E-state index contributed by atoms with van der Waals surface area (Å²) in [6, 6.07) is 4.90. The predicted octanol–water partition coefficient (Wildman–Crippen LogP) is 0.448. The van der Waals surface area contributed by atoms with Gasteiger partial charge in [0.1, 0.15) is 13.2 Å². The van der Waals surface area contributed by atoms with Crippen LogP contribution in [0.25, 0.3) is 11.3 Å². The van der Waals surface area contributed by atoms with E-state index in [2.05, 4.69) is 4.98 Å². The van der Waals surface area contributed by atoms with Crippen LogP contribution in [0.1, 0.15) is 0 Å². The standard InChI is InChI=1S/C14H18N2O5/c1-18-5-7-20-14-15-13-9-12(17)4-3-11(13)10-16(14)21-8-6-19-2/h3-4,9-10H,5-8H2,1-2H3. The third-order valence-electron chi connectivity index (χ3n) is 2.70. The van der Waals surface area contributed by atoms with Gasteiger partial charge in [-0.1, -0.05) is 0 Å². The molecule has 2 aliphatic rings. The molecule has 0 amide bonds. The van der Waals surface area contributed by atoms with E-state index in [1.807, 2.05) is 0 Å². The Bertz CT molecular complexity index is 599. The van der Waals surface area contributed by atoms with Gasteiger partial charge in [0, 0.05) is 25.8 Å². The van der Waals surface area contributed by atoms with E-state index in [1.165, 1.54) is 16.9 Å². The van der Waals surface area contributed by atoms with Crippen LogP contribution < -0.4 is 15.0 Å². The summed E-state index contributed by atoms with van der Waals surface area (Å²) in [7, 11) is 3.18. The molecule has 0 aromatic heterocycles. The molecule has 114 valence electrons. The van der Waals surface area contributed by atoms with Crippen molar-refractivity contribution < 1.29 is 19.0 Å². The molecule has 21 heavy (non-hydrogen) atoms. The van der Waals surface area contributed by atoms with Gasteiger partial charge in [0.2, 0.25) is 0 Å². The lowest BCUT2D eigenvalue weighted by molar-refractivity contribution is 0.0352. The zero-order valence-electron chi connectivity index (χ0n) is 12.1. The van der Waals surface area contributed by atoms with E-state index >= 15 is 0 Å². The number of hydrogen-bond donors (Lipinski definition) is 0. The first-order valence-corrected chi connectivity index (χ1v) is 6.52. The maximum absolute atomic E-state index is 11.4. The number of benzene rings is 1. The van der Waals surface area contributed by atoms with E-state index in [1.54, 1.807) is 26.5 Å². The summed E-state index contributed by atoms with van der Waals surface area (Å²) < 4.78 is 16.8. The molecule has 7 nitrogen and oxygen atoms in total. The fraction of sp³-hybridized carbons (Fsp3) is 0.429. The van der Waals surface area contributed by atoms with Crippen LogP contribution in [0.5, 0.6) is 6.01 Å². The summed E-state index contributed by atoms with van der Waals surface area (Å²) in [4.78, 5) is 21.2. The number of ether oxygens (including phenoxy) is 3. The van der Waals surface area contributed by atoms with Gasteiger partial charge in [0.15, 0.2) is 5.43 Å². The quantitative estimate of drug-likeness (QED) is 0.658. The highest BCUT2D eigenvalue weighted by Crippen LogP contribution is 2.20. The second-order valence-corrected chi connectivity index (χ2v) is 4.24. The molecule has 1 aliphatic carbocycles. The fourth-order valence-electron chi connectivity index (χ4n) is 1.69. The second kappa shape index (κ2) is 7.61. The minimum atomic E-state index is -0.101. The van der Waals surface area contributed by atoms with Crippen LogP contribution in [-0.2, 0) is 9.47 Å². The summed E-state index contributed by atoms with van der Waals surface area (Å²) in [5.41, 5.74) is 1.24. The highest BCUT2D eigenvalue weighted by molar-refractivity contribution is 5.59. The largest absolute Gasteiger partial charge is 0.460 e. The van der Waals surface area contributed by atoms with E-state index in [4.69, 9.17) is 19.0 Å². The minimum Gasteiger partial charge on any atom is -0.460 e. The molecule has 0 bridgehead atoms. The van der Waals surface area contributed by atoms with Gasteiger partial charge in [-0.05, 0) is 12.1 Å². The van der Waals surface area contributed by atoms with Crippen LogP contribution in [-0.4, -0.2) is 50.4 Å². The Morgan fingerprint density at radius 3 is 2.62 bits per heavy atom. The van der Waals surface area contributed by atoms with Gasteiger partial charge in [0.05, 0.1) is 25.1 Å². The summed E-state index contributed by atoms with van der Waals surface area (Å²) in [6.07, 6.45) is 1.72. The van der Waals surface area contributed by atoms with Crippen LogP contribution in [0.2, 0.25) is 0 Å². The third-order valence-corrected chi connectivity index (χ3v) is 2.70. The molecular formula is C14H18N2O5. The van der Waals surface area contributed by atoms with Crippen LogP contribution in [0.3, 0.4) is 0 Å². The summed E-state index contributed by atoms with van der Waals surface area (Å²) in [5, 5.41) is 0. The summed E-state index contributed by atoms with van der Waals surface area (Å²) in [5.74, 6) is 0. The van der Waals surface area contributed by atoms with Gasteiger partial charge in [-0.3, -0.25) is 4.79 Å². The zero-order chi connectivity index (χ0) is 15.1. The monoisotopic (exact) mass is 294 g/mol. The second-order valence-electron chi connectivity index (χ2n) is 4.24. The molecule has 1 aliphatic heterocycles. The van der Waals surface area contributed by atoms with Crippen LogP contribution >= 0.6 is 0 Å². The Labute approximate surface area is 122 Å². The Morgan fingerprint density at radius 1 is 1.10 bits per heavy atom. The van der Waals surface area contributed by atoms with Gasteiger partial charge >= 0.3 is 6.01 Å². The van der Waals surface area contributed by atoms with E-state index in [9.17, 15) is 4.79 Å². The number of aromatic nitrogens is 2.